The predicted molar refractivity (Wildman–Crippen MR) is 130 cm³/mol. The number of aromatic nitrogens is 1. The number of methoxy groups -OCH3 is 1. The van der Waals surface area contributed by atoms with Crippen molar-refractivity contribution in [1.29, 1.82) is 0 Å². The number of nitrogens with one attached hydrogen (secondary N) is 2. The molecule has 0 aliphatic heterocycles. The van der Waals surface area contributed by atoms with E-state index in [0.717, 1.165) is 22.5 Å². The first-order valence-corrected chi connectivity index (χ1v) is 11.2. The molecule has 1 amide bonds. The quantitative estimate of drug-likeness (QED) is 0.320. The second-order valence-corrected chi connectivity index (χ2v) is 8.03. The van der Waals surface area contributed by atoms with Crippen molar-refractivity contribution in [3.05, 3.63) is 83.6 Å². The summed E-state index contributed by atoms with van der Waals surface area (Å²) in [6, 6.07) is 14.5. The normalized spacial score (nSPS) is 11.9. The van der Waals surface area contributed by atoms with Crippen molar-refractivity contribution in [2.45, 2.75) is 19.4 Å². The molecule has 0 saturated carbocycles. The number of carbonyl (C=O) groups is 1. The third kappa shape index (κ3) is 5.12. The summed E-state index contributed by atoms with van der Waals surface area (Å²) in [7, 11) is 1.25. The van der Waals surface area contributed by atoms with E-state index in [1.165, 1.54) is 13.2 Å². The summed E-state index contributed by atoms with van der Waals surface area (Å²) >= 11 is 0. The van der Waals surface area contributed by atoms with Gasteiger partial charge < -0.3 is 24.9 Å². The van der Waals surface area contributed by atoms with Gasteiger partial charge in [0, 0.05) is 17.1 Å². The Kier molecular flexibility index (Phi) is 7.31. The Morgan fingerprint density at radius 2 is 1.89 bits per heavy atom. The molecular formula is C27H26F2N2O4. The highest BCUT2D eigenvalue weighted by Gasteiger charge is 2.20. The Bertz CT molecular complexity index is 1350. The fourth-order valence-corrected chi connectivity index (χ4v) is 4.04. The standard InChI is InChI=1S/C27H26F2N2O4/c1-3-35-24-9-8-16(17-12-22(28)26(29)25(13-17)34-2)11-21(24)27(33)31-19(15-32)10-18-14-30-23-7-5-4-6-20(18)23/h4-9,11-14,19,30,32H,3,10,15H2,1-2H3,(H,31,33)/t19-/m1/s1. The van der Waals surface area contributed by atoms with E-state index in [1.807, 2.05) is 30.5 Å². The fourth-order valence-electron chi connectivity index (χ4n) is 4.04. The molecular weight excluding hydrogens is 454 g/mol. The second kappa shape index (κ2) is 10.6. The van der Waals surface area contributed by atoms with E-state index in [2.05, 4.69) is 10.3 Å². The highest BCUT2D eigenvalue weighted by molar-refractivity contribution is 5.98. The number of hydrogen-bond acceptors (Lipinski definition) is 4. The molecule has 1 atom stereocenters. The molecule has 0 radical (unpaired) electrons. The van der Waals surface area contributed by atoms with Crippen molar-refractivity contribution < 1.29 is 28.2 Å². The van der Waals surface area contributed by atoms with Crippen LogP contribution in [0.1, 0.15) is 22.8 Å². The van der Waals surface area contributed by atoms with Crippen molar-refractivity contribution in [1.82, 2.24) is 10.3 Å². The van der Waals surface area contributed by atoms with E-state index < -0.39 is 23.6 Å². The van der Waals surface area contributed by atoms with Crippen LogP contribution in [0.3, 0.4) is 0 Å². The molecule has 0 spiro atoms. The van der Waals surface area contributed by atoms with Gasteiger partial charge >= 0.3 is 0 Å². The Balaban J connectivity index is 1.63. The van der Waals surface area contributed by atoms with Crippen molar-refractivity contribution in [2.75, 3.05) is 20.3 Å². The number of para-hydroxylation sites is 1. The zero-order chi connectivity index (χ0) is 24.9. The van der Waals surface area contributed by atoms with Gasteiger partial charge in [-0.15, -0.1) is 0 Å². The molecule has 4 rings (SSSR count). The average molecular weight is 481 g/mol. The maximum Gasteiger partial charge on any atom is 0.255 e. The summed E-state index contributed by atoms with van der Waals surface area (Å²) in [4.78, 5) is 16.5. The molecule has 182 valence electrons. The van der Waals surface area contributed by atoms with Gasteiger partial charge in [-0.25, -0.2) is 4.39 Å². The van der Waals surface area contributed by atoms with Crippen LogP contribution in [-0.2, 0) is 6.42 Å². The number of halogens is 2. The molecule has 0 aliphatic carbocycles. The highest BCUT2D eigenvalue weighted by atomic mass is 19.2. The summed E-state index contributed by atoms with van der Waals surface area (Å²) in [6.45, 7) is 1.86. The Labute approximate surface area is 201 Å². The van der Waals surface area contributed by atoms with E-state index in [9.17, 15) is 18.7 Å². The zero-order valence-electron chi connectivity index (χ0n) is 19.4. The van der Waals surface area contributed by atoms with Crippen molar-refractivity contribution in [3.63, 3.8) is 0 Å². The molecule has 1 aromatic heterocycles. The number of aliphatic hydroxyl groups is 1. The van der Waals surface area contributed by atoms with Crippen molar-refractivity contribution >= 4 is 16.8 Å². The minimum atomic E-state index is -1.08. The summed E-state index contributed by atoms with van der Waals surface area (Å²) in [5, 5.41) is 13.8. The number of benzene rings is 3. The summed E-state index contributed by atoms with van der Waals surface area (Å²) in [5.74, 6) is -2.49. The molecule has 0 saturated heterocycles. The number of carbonyl (C=O) groups excluding carboxylic acids is 1. The van der Waals surface area contributed by atoms with Crippen LogP contribution < -0.4 is 14.8 Å². The molecule has 6 nitrogen and oxygen atoms in total. The Hall–Kier alpha value is -3.91. The van der Waals surface area contributed by atoms with Crippen molar-refractivity contribution in [2.24, 2.45) is 0 Å². The molecule has 0 aliphatic rings. The zero-order valence-corrected chi connectivity index (χ0v) is 19.4. The lowest BCUT2D eigenvalue weighted by atomic mass is 10.0. The van der Waals surface area contributed by atoms with E-state index in [4.69, 9.17) is 9.47 Å². The molecule has 0 unspecified atom stereocenters. The van der Waals surface area contributed by atoms with E-state index in [0.29, 0.717) is 29.9 Å². The molecule has 0 fully saturated rings. The van der Waals surface area contributed by atoms with Crippen LogP contribution in [0.2, 0.25) is 0 Å². The van der Waals surface area contributed by atoms with Gasteiger partial charge in [0.1, 0.15) is 5.75 Å². The molecule has 4 aromatic rings. The maximum absolute atomic E-state index is 14.1. The lowest BCUT2D eigenvalue weighted by molar-refractivity contribution is 0.0913. The second-order valence-electron chi connectivity index (χ2n) is 8.03. The third-order valence-electron chi connectivity index (χ3n) is 5.77. The summed E-state index contributed by atoms with van der Waals surface area (Å²) < 4.78 is 38.5. The van der Waals surface area contributed by atoms with Crippen LogP contribution in [0.5, 0.6) is 11.5 Å². The highest BCUT2D eigenvalue weighted by Crippen LogP contribution is 2.32. The van der Waals surface area contributed by atoms with Gasteiger partial charge in [-0.3, -0.25) is 4.79 Å². The average Bonchev–Trinajstić information content (AvgIpc) is 3.28. The molecule has 0 bridgehead atoms. The third-order valence-corrected chi connectivity index (χ3v) is 5.77. The topological polar surface area (TPSA) is 83.6 Å². The van der Waals surface area contributed by atoms with E-state index in [1.54, 1.807) is 25.1 Å². The maximum atomic E-state index is 14.1. The number of hydrogen-bond donors (Lipinski definition) is 3. The first-order valence-electron chi connectivity index (χ1n) is 11.2. The Morgan fingerprint density at radius 1 is 1.09 bits per heavy atom. The number of aromatic amines is 1. The molecule has 3 N–H and O–H groups in total. The van der Waals surface area contributed by atoms with Gasteiger partial charge in [0.25, 0.3) is 5.91 Å². The fraction of sp³-hybridized carbons (Fsp3) is 0.222. The number of ether oxygens (including phenoxy) is 2. The van der Waals surface area contributed by atoms with E-state index in [-0.39, 0.29) is 17.9 Å². The lowest BCUT2D eigenvalue weighted by Crippen LogP contribution is -2.39. The minimum Gasteiger partial charge on any atom is -0.494 e. The van der Waals surface area contributed by atoms with Gasteiger partial charge in [-0.1, -0.05) is 24.3 Å². The Morgan fingerprint density at radius 3 is 2.63 bits per heavy atom. The van der Waals surface area contributed by atoms with Crippen LogP contribution in [0, 0.1) is 11.6 Å². The predicted octanol–water partition coefficient (Wildman–Crippen LogP) is 4.85. The van der Waals surface area contributed by atoms with Gasteiger partial charge in [0.2, 0.25) is 5.82 Å². The van der Waals surface area contributed by atoms with E-state index >= 15 is 0 Å². The summed E-state index contributed by atoms with van der Waals surface area (Å²) in [5.41, 5.74) is 2.97. The first-order chi connectivity index (χ1) is 16.9. The van der Waals surface area contributed by atoms with Crippen LogP contribution in [0.4, 0.5) is 8.78 Å². The minimum absolute atomic E-state index is 0.213. The van der Waals surface area contributed by atoms with Gasteiger partial charge in [-0.05, 0) is 60.4 Å². The van der Waals surface area contributed by atoms with Gasteiger partial charge in [0.15, 0.2) is 11.6 Å². The molecule has 3 aromatic carbocycles. The van der Waals surface area contributed by atoms with Crippen LogP contribution in [0.15, 0.2) is 60.8 Å². The number of aliphatic hydroxyl groups excluding tert-OH is 1. The smallest absolute Gasteiger partial charge is 0.255 e. The van der Waals surface area contributed by atoms with Gasteiger partial charge in [0.05, 0.1) is 31.9 Å². The van der Waals surface area contributed by atoms with Crippen LogP contribution in [-0.4, -0.2) is 42.4 Å². The lowest BCUT2D eigenvalue weighted by Gasteiger charge is -2.18. The molecule has 8 heteroatoms. The monoisotopic (exact) mass is 480 g/mol. The van der Waals surface area contributed by atoms with Crippen LogP contribution in [0.25, 0.3) is 22.0 Å². The first kappa shape index (κ1) is 24.2. The van der Waals surface area contributed by atoms with Crippen molar-refractivity contribution in [3.8, 4) is 22.6 Å². The number of H-pyrrole nitrogens is 1. The SMILES string of the molecule is CCOc1ccc(-c2cc(F)c(F)c(OC)c2)cc1C(=O)N[C@@H](CO)Cc1c[nH]c2ccccc12. The molecule has 35 heavy (non-hydrogen) atoms. The number of rotatable bonds is 9. The van der Waals surface area contributed by atoms with Crippen LogP contribution >= 0.6 is 0 Å². The molecule has 1 heterocycles. The largest absolute Gasteiger partial charge is 0.494 e. The van der Waals surface area contributed by atoms with Gasteiger partial charge in [-0.2, -0.15) is 4.39 Å². The summed E-state index contributed by atoms with van der Waals surface area (Å²) in [6.07, 6.45) is 2.28. The number of amides is 1. The number of fused-ring (bicyclic) bond motifs is 1.